The zero-order valence-corrected chi connectivity index (χ0v) is 19.7. The van der Waals surface area contributed by atoms with Gasteiger partial charge in [0.25, 0.3) is 11.8 Å². The van der Waals surface area contributed by atoms with Gasteiger partial charge in [0, 0.05) is 15.6 Å². The van der Waals surface area contributed by atoms with Gasteiger partial charge in [-0.05, 0) is 54.1 Å². The Morgan fingerprint density at radius 2 is 1.82 bits per heavy atom. The molecule has 8 nitrogen and oxygen atoms in total. The minimum absolute atomic E-state index is 0.00563. The Morgan fingerprint density at radius 1 is 1.03 bits per heavy atom. The molecule has 0 spiro atoms. The minimum Gasteiger partial charge on any atom is -0.496 e. The van der Waals surface area contributed by atoms with Gasteiger partial charge >= 0.3 is 0 Å². The number of hydrogen-bond donors (Lipinski definition) is 2. The zero-order valence-electron chi connectivity index (χ0n) is 18.1. The van der Waals surface area contributed by atoms with Gasteiger partial charge < -0.3 is 19.5 Å². The Hall–Kier alpha value is -4.11. The van der Waals surface area contributed by atoms with Crippen molar-refractivity contribution in [2.24, 2.45) is 5.10 Å². The fraction of sp³-hybridized carbons (Fsp3) is 0.0800. The molecule has 3 aromatic carbocycles. The molecule has 0 atom stereocenters. The number of methoxy groups -OCH3 is 1. The van der Waals surface area contributed by atoms with Crippen LogP contribution in [0.25, 0.3) is 6.08 Å². The summed E-state index contributed by atoms with van der Waals surface area (Å²) in [6.45, 7) is 0.133. The maximum Gasteiger partial charge on any atom is 0.287 e. The van der Waals surface area contributed by atoms with Gasteiger partial charge in [-0.15, -0.1) is 0 Å². The first kappa shape index (κ1) is 23.1. The lowest BCUT2D eigenvalue weighted by Gasteiger charge is -2.10. The van der Waals surface area contributed by atoms with Crippen molar-refractivity contribution in [3.05, 3.63) is 93.6 Å². The Kier molecular flexibility index (Phi) is 7.24. The van der Waals surface area contributed by atoms with Gasteiger partial charge in [-0.25, -0.2) is 5.43 Å². The number of amides is 2. The molecular weight excluding hydrogens is 502 g/mol. The van der Waals surface area contributed by atoms with Crippen molar-refractivity contribution >= 4 is 40.0 Å². The lowest BCUT2D eigenvalue weighted by molar-refractivity contribution is -0.117. The highest BCUT2D eigenvalue weighted by atomic mass is 79.9. The minimum atomic E-state index is -0.604. The molecule has 0 aliphatic carbocycles. The van der Waals surface area contributed by atoms with Gasteiger partial charge in [0.1, 0.15) is 11.4 Å². The summed E-state index contributed by atoms with van der Waals surface area (Å²) < 4.78 is 16.9. The number of ether oxygens (including phenoxy) is 3. The van der Waals surface area contributed by atoms with E-state index in [-0.39, 0.29) is 12.5 Å². The molecule has 0 aromatic heterocycles. The maximum absolute atomic E-state index is 13.0. The summed E-state index contributed by atoms with van der Waals surface area (Å²) in [7, 11) is 1.55. The van der Waals surface area contributed by atoms with Crippen molar-refractivity contribution < 1.29 is 23.8 Å². The molecule has 0 saturated carbocycles. The van der Waals surface area contributed by atoms with E-state index in [1.54, 1.807) is 67.8 Å². The van der Waals surface area contributed by atoms with Crippen LogP contribution in [-0.4, -0.2) is 31.9 Å². The number of hydrogen-bond acceptors (Lipinski definition) is 6. The standard InChI is InChI=1S/C25H20BrN3O5/c1-32-21-10-8-19(26)13-18(21)14-27-29-25(31)20(28-24(30)17-5-3-2-4-6-17)11-16-7-9-22-23(12-16)34-15-33-22/h2-14H,15H2,1H3,(H,28,30)(H,29,31)/b20-11+,27-14+. The second-order valence-corrected chi connectivity index (χ2v) is 7.99. The van der Waals surface area contributed by atoms with Gasteiger partial charge in [0.2, 0.25) is 6.79 Å². The number of carbonyl (C=O) groups excluding carboxylic acids is 2. The highest BCUT2D eigenvalue weighted by molar-refractivity contribution is 9.10. The number of halogens is 1. The topological polar surface area (TPSA) is 98.2 Å². The van der Waals surface area contributed by atoms with Crippen LogP contribution in [0.2, 0.25) is 0 Å². The molecule has 2 amide bonds. The first-order valence-corrected chi connectivity index (χ1v) is 11.0. The second kappa shape index (κ2) is 10.7. The number of nitrogens with zero attached hydrogens (tertiary/aromatic N) is 1. The van der Waals surface area contributed by atoms with Crippen LogP contribution in [0.3, 0.4) is 0 Å². The van der Waals surface area contributed by atoms with Gasteiger partial charge in [-0.2, -0.15) is 5.10 Å². The van der Waals surface area contributed by atoms with E-state index < -0.39 is 11.8 Å². The third-order valence-corrected chi connectivity index (χ3v) is 5.29. The Labute approximate surface area is 204 Å². The van der Waals surface area contributed by atoms with Crippen molar-refractivity contribution in [2.75, 3.05) is 13.9 Å². The molecule has 1 aliphatic heterocycles. The van der Waals surface area contributed by atoms with Crippen molar-refractivity contribution in [2.45, 2.75) is 0 Å². The van der Waals surface area contributed by atoms with Crippen LogP contribution in [0.15, 0.2) is 82.0 Å². The van der Waals surface area contributed by atoms with E-state index in [0.29, 0.717) is 33.9 Å². The van der Waals surface area contributed by atoms with Crippen molar-refractivity contribution in [1.29, 1.82) is 0 Å². The predicted octanol–water partition coefficient (Wildman–Crippen LogP) is 4.11. The highest BCUT2D eigenvalue weighted by Gasteiger charge is 2.17. The summed E-state index contributed by atoms with van der Waals surface area (Å²) in [5, 5.41) is 6.69. The fourth-order valence-electron chi connectivity index (χ4n) is 3.14. The number of carbonyl (C=O) groups is 2. The van der Waals surface area contributed by atoms with Crippen molar-refractivity contribution in [3.63, 3.8) is 0 Å². The first-order valence-electron chi connectivity index (χ1n) is 10.2. The summed E-state index contributed by atoms with van der Waals surface area (Å²) in [5.41, 5.74) is 4.17. The summed E-state index contributed by atoms with van der Waals surface area (Å²) in [5.74, 6) is 0.731. The predicted molar refractivity (Wildman–Crippen MR) is 131 cm³/mol. The number of nitrogens with one attached hydrogen (secondary N) is 2. The number of rotatable bonds is 7. The van der Waals surface area contributed by atoms with Crippen molar-refractivity contribution in [1.82, 2.24) is 10.7 Å². The zero-order chi connectivity index (χ0) is 23.9. The molecule has 1 aliphatic rings. The number of fused-ring (bicyclic) bond motifs is 1. The molecule has 3 aromatic rings. The van der Waals surface area contributed by atoms with E-state index in [2.05, 4.69) is 31.8 Å². The van der Waals surface area contributed by atoms with Crippen LogP contribution in [0.1, 0.15) is 21.5 Å². The van der Waals surface area contributed by atoms with E-state index in [1.807, 2.05) is 6.07 Å². The molecular formula is C25H20BrN3O5. The molecule has 4 rings (SSSR count). The number of hydrazone groups is 1. The quantitative estimate of drug-likeness (QED) is 0.277. The van der Waals surface area contributed by atoms with Crippen LogP contribution in [0.4, 0.5) is 0 Å². The molecule has 0 bridgehead atoms. The summed E-state index contributed by atoms with van der Waals surface area (Å²) in [6.07, 6.45) is 2.99. The Balaban J connectivity index is 1.57. The molecule has 172 valence electrons. The van der Waals surface area contributed by atoms with Crippen LogP contribution in [0, 0.1) is 0 Å². The normalized spacial score (nSPS) is 12.5. The van der Waals surface area contributed by atoms with Crippen LogP contribution >= 0.6 is 15.9 Å². The monoisotopic (exact) mass is 521 g/mol. The summed E-state index contributed by atoms with van der Waals surface area (Å²) >= 11 is 3.40. The fourth-order valence-corrected chi connectivity index (χ4v) is 3.52. The molecule has 2 N–H and O–H groups in total. The summed E-state index contributed by atoms with van der Waals surface area (Å²) in [6, 6.07) is 19.2. The van der Waals surface area contributed by atoms with Gasteiger partial charge in [-0.3, -0.25) is 9.59 Å². The van der Waals surface area contributed by atoms with E-state index in [9.17, 15) is 9.59 Å². The van der Waals surface area contributed by atoms with Crippen LogP contribution < -0.4 is 25.0 Å². The molecule has 0 radical (unpaired) electrons. The summed E-state index contributed by atoms with van der Waals surface area (Å²) in [4.78, 5) is 25.7. The van der Waals surface area contributed by atoms with E-state index >= 15 is 0 Å². The molecule has 9 heteroatoms. The average Bonchev–Trinajstić information content (AvgIpc) is 3.32. The van der Waals surface area contributed by atoms with Gasteiger partial charge in [-0.1, -0.05) is 40.2 Å². The van der Waals surface area contributed by atoms with E-state index in [4.69, 9.17) is 14.2 Å². The maximum atomic E-state index is 13.0. The Morgan fingerprint density at radius 3 is 2.62 bits per heavy atom. The van der Waals surface area contributed by atoms with Crippen LogP contribution in [-0.2, 0) is 4.79 Å². The third kappa shape index (κ3) is 5.62. The highest BCUT2D eigenvalue weighted by Crippen LogP contribution is 2.33. The first-order chi connectivity index (χ1) is 16.5. The third-order valence-electron chi connectivity index (χ3n) is 4.80. The van der Waals surface area contributed by atoms with E-state index in [0.717, 1.165) is 4.47 Å². The smallest absolute Gasteiger partial charge is 0.287 e. The lowest BCUT2D eigenvalue weighted by atomic mass is 10.1. The van der Waals surface area contributed by atoms with Gasteiger partial charge in [0.05, 0.1) is 13.3 Å². The van der Waals surface area contributed by atoms with E-state index in [1.165, 1.54) is 12.3 Å². The molecule has 34 heavy (non-hydrogen) atoms. The van der Waals surface area contributed by atoms with Crippen molar-refractivity contribution in [3.8, 4) is 17.2 Å². The van der Waals surface area contributed by atoms with Gasteiger partial charge in [0.15, 0.2) is 11.5 Å². The molecule has 0 saturated heterocycles. The lowest BCUT2D eigenvalue weighted by Crippen LogP contribution is -2.32. The molecule has 1 heterocycles. The molecule has 0 fully saturated rings. The largest absolute Gasteiger partial charge is 0.496 e. The Bertz CT molecular complexity index is 1270. The average molecular weight is 522 g/mol. The number of benzene rings is 3. The molecule has 0 unspecified atom stereocenters. The SMILES string of the molecule is COc1ccc(Br)cc1/C=N/NC(=O)/C(=C\c1ccc2c(c1)OCO2)NC(=O)c1ccccc1. The second-order valence-electron chi connectivity index (χ2n) is 7.08. The van der Waals surface area contributed by atoms with Crippen LogP contribution in [0.5, 0.6) is 17.2 Å².